The van der Waals surface area contributed by atoms with Crippen LogP contribution in [0.2, 0.25) is 0 Å². The van der Waals surface area contributed by atoms with Crippen molar-refractivity contribution in [3.63, 3.8) is 0 Å². The Hall–Kier alpha value is -0.305. The summed E-state index contributed by atoms with van der Waals surface area (Å²) in [6.07, 6.45) is 0.379. The summed E-state index contributed by atoms with van der Waals surface area (Å²) in [6.45, 7) is 0. The lowest BCUT2D eigenvalue weighted by atomic mass is 9.97. The summed E-state index contributed by atoms with van der Waals surface area (Å²) >= 11 is 3.04. The van der Waals surface area contributed by atoms with Crippen molar-refractivity contribution in [3.05, 3.63) is 34.1 Å². The Balaban J connectivity index is 3.04. The van der Waals surface area contributed by atoms with E-state index < -0.39 is 0 Å². The van der Waals surface area contributed by atoms with Gasteiger partial charge in [0.1, 0.15) is 5.82 Å². The van der Waals surface area contributed by atoms with E-state index in [0.717, 1.165) is 5.56 Å². The first-order valence-corrected chi connectivity index (χ1v) is 3.67. The molecule has 1 rings (SSSR count). The molecule has 0 heterocycles. The van der Waals surface area contributed by atoms with Gasteiger partial charge in [-0.15, -0.1) is 0 Å². The summed E-state index contributed by atoms with van der Waals surface area (Å²) in [7, 11) is 5.29. The van der Waals surface area contributed by atoms with E-state index in [1.165, 1.54) is 6.07 Å². The van der Waals surface area contributed by atoms with Gasteiger partial charge in [-0.05, 0) is 28.1 Å². The van der Waals surface area contributed by atoms with Crippen molar-refractivity contribution in [1.82, 2.24) is 0 Å². The van der Waals surface area contributed by atoms with Crippen LogP contribution in [0.25, 0.3) is 0 Å². The molecule has 0 saturated carbocycles. The van der Waals surface area contributed by atoms with Gasteiger partial charge >= 0.3 is 0 Å². The average Bonchev–Trinajstić information content (AvgIpc) is 1.95. The molecule has 50 valence electrons. The molecule has 0 nitrogen and oxygen atoms in total. The first kappa shape index (κ1) is 7.80. The van der Waals surface area contributed by atoms with Gasteiger partial charge in [-0.3, -0.25) is 0 Å². The normalized spacial score (nSPS) is 9.80. The lowest BCUT2D eigenvalue weighted by Gasteiger charge is -1.97. The fourth-order valence-electron chi connectivity index (χ4n) is 0.667. The molecule has 0 aliphatic carbocycles. The second kappa shape index (κ2) is 3.19. The molecule has 0 unspecified atom stereocenters. The summed E-state index contributed by atoms with van der Waals surface area (Å²) in [5, 5.41) is 0. The Morgan fingerprint density at radius 3 is 2.70 bits per heavy atom. The number of halogens is 2. The molecule has 2 radical (unpaired) electrons. The van der Waals surface area contributed by atoms with Crippen LogP contribution in [0.5, 0.6) is 0 Å². The highest BCUT2D eigenvalue weighted by molar-refractivity contribution is 9.10. The molecular formula is C7H5BBrF. The lowest BCUT2D eigenvalue weighted by molar-refractivity contribution is 0.619. The number of hydrogen-bond acceptors (Lipinski definition) is 0. The maximum Gasteiger partial charge on any atom is 0.137 e. The standard InChI is InChI=1S/C7H5BBrF/c8-4-5-1-2-6(9)7(10)3-5/h1-3H,4H2. The van der Waals surface area contributed by atoms with Crippen LogP contribution in [0.1, 0.15) is 5.56 Å². The molecule has 0 N–H and O–H groups in total. The molecule has 0 aliphatic heterocycles. The van der Waals surface area contributed by atoms with E-state index in [1.54, 1.807) is 12.1 Å². The van der Waals surface area contributed by atoms with Gasteiger partial charge in [0.2, 0.25) is 0 Å². The zero-order valence-corrected chi connectivity index (χ0v) is 6.86. The van der Waals surface area contributed by atoms with Crippen molar-refractivity contribution in [2.24, 2.45) is 0 Å². The maximum absolute atomic E-state index is 12.7. The first-order valence-electron chi connectivity index (χ1n) is 2.88. The van der Waals surface area contributed by atoms with Crippen molar-refractivity contribution in [1.29, 1.82) is 0 Å². The summed E-state index contributed by atoms with van der Waals surface area (Å²) < 4.78 is 13.1. The predicted octanol–water partition coefficient (Wildman–Crippen LogP) is 2.26. The summed E-state index contributed by atoms with van der Waals surface area (Å²) in [6, 6.07) is 4.86. The van der Waals surface area contributed by atoms with Crippen molar-refractivity contribution in [2.45, 2.75) is 6.32 Å². The van der Waals surface area contributed by atoms with Gasteiger partial charge in [0.05, 0.1) is 12.3 Å². The quantitative estimate of drug-likeness (QED) is 0.608. The van der Waals surface area contributed by atoms with Crippen LogP contribution in [-0.2, 0) is 6.32 Å². The molecule has 0 fully saturated rings. The molecule has 0 amide bonds. The number of rotatable bonds is 1. The van der Waals surface area contributed by atoms with Gasteiger partial charge in [0, 0.05) is 0 Å². The van der Waals surface area contributed by atoms with Crippen molar-refractivity contribution in [3.8, 4) is 0 Å². The molecule has 0 atom stereocenters. The Morgan fingerprint density at radius 2 is 2.20 bits per heavy atom. The van der Waals surface area contributed by atoms with Crippen LogP contribution >= 0.6 is 15.9 Å². The zero-order chi connectivity index (χ0) is 7.56. The molecule has 0 spiro atoms. The van der Waals surface area contributed by atoms with Crippen LogP contribution in [-0.4, -0.2) is 7.85 Å². The molecule has 10 heavy (non-hydrogen) atoms. The number of benzene rings is 1. The smallest absolute Gasteiger partial charge is 0.137 e. The van der Waals surface area contributed by atoms with Gasteiger partial charge in [-0.2, -0.15) is 0 Å². The predicted molar refractivity (Wildman–Crippen MR) is 43.6 cm³/mol. The van der Waals surface area contributed by atoms with Crippen LogP contribution < -0.4 is 0 Å². The van der Waals surface area contributed by atoms with E-state index in [9.17, 15) is 4.39 Å². The van der Waals surface area contributed by atoms with Crippen LogP contribution in [0.3, 0.4) is 0 Å². The van der Waals surface area contributed by atoms with E-state index in [1.807, 2.05) is 0 Å². The number of hydrogen-bond donors (Lipinski definition) is 0. The topological polar surface area (TPSA) is 0 Å². The molecule has 0 saturated heterocycles. The Labute approximate surface area is 69.0 Å². The van der Waals surface area contributed by atoms with Gasteiger partial charge in [0.25, 0.3) is 0 Å². The summed E-state index contributed by atoms with van der Waals surface area (Å²) in [5.74, 6) is -0.261. The van der Waals surface area contributed by atoms with E-state index in [0.29, 0.717) is 10.8 Å². The third kappa shape index (κ3) is 1.60. The van der Waals surface area contributed by atoms with E-state index >= 15 is 0 Å². The fraction of sp³-hybridized carbons (Fsp3) is 0.143. The SMILES string of the molecule is [B]Cc1ccc(Br)c(F)c1. The summed E-state index contributed by atoms with van der Waals surface area (Å²) in [4.78, 5) is 0. The fourth-order valence-corrected chi connectivity index (χ4v) is 0.913. The van der Waals surface area contributed by atoms with Crippen molar-refractivity contribution >= 4 is 23.8 Å². The molecule has 0 aromatic heterocycles. The van der Waals surface area contributed by atoms with Crippen LogP contribution in [0.15, 0.2) is 22.7 Å². The van der Waals surface area contributed by atoms with Crippen molar-refractivity contribution in [2.75, 3.05) is 0 Å². The molecule has 1 aromatic carbocycles. The van der Waals surface area contributed by atoms with Crippen molar-refractivity contribution < 1.29 is 4.39 Å². The zero-order valence-electron chi connectivity index (χ0n) is 5.27. The van der Waals surface area contributed by atoms with E-state index in [-0.39, 0.29) is 5.82 Å². The largest absolute Gasteiger partial charge is 0.206 e. The highest BCUT2D eigenvalue weighted by Gasteiger charge is 1.97. The van der Waals surface area contributed by atoms with Crippen LogP contribution in [0.4, 0.5) is 4.39 Å². The Morgan fingerprint density at radius 1 is 1.50 bits per heavy atom. The maximum atomic E-state index is 12.7. The van der Waals surface area contributed by atoms with Gasteiger partial charge in [-0.25, -0.2) is 4.39 Å². The van der Waals surface area contributed by atoms with Crippen LogP contribution in [0, 0.1) is 5.82 Å². The third-order valence-electron chi connectivity index (χ3n) is 1.22. The first-order chi connectivity index (χ1) is 4.74. The van der Waals surface area contributed by atoms with Gasteiger partial charge < -0.3 is 0 Å². The highest BCUT2D eigenvalue weighted by Crippen LogP contribution is 2.15. The highest BCUT2D eigenvalue weighted by atomic mass is 79.9. The lowest BCUT2D eigenvalue weighted by Crippen LogP contribution is -1.85. The minimum absolute atomic E-state index is 0.261. The second-order valence-corrected chi connectivity index (χ2v) is 2.81. The van der Waals surface area contributed by atoms with Gasteiger partial charge in [-0.1, -0.05) is 17.9 Å². The molecule has 3 heteroatoms. The molecular weight excluding hydrogens is 194 g/mol. The Bertz CT molecular complexity index is 237. The summed E-state index contributed by atoms with van der Waals surface area (Å²) in [5.41, 5.74) is 0.806. The monoisotopic (exact) mass is 198 g/mol. The minimum atomic E-state index is -0.261. The average molecular weight is 199 g/mol. The third-order valence-corrected chi connectivity index (χ3v) is 1.86. The molecule has 0 bridgehead atoms. The van der Waals surface area contributed by atoms with E-state index in [2.05, 4.69) is 15.9 Å². The molecule has 1 aromatic rings. The Kier molecular flexibility index (Phi) is 2.49. The second-order valence-electron chi connectivity index (χ2n) is 1.95. The minimum Gasteiger partial charge on any atom is -0.206 e. The van der Waals surface area contributed by atoms with Gasteiger partial charge in [0.15, 0.2) is 0 Å². The van der Waals surface area contributed by atoms with E-state index in [4.69, 9.17) is 7.85 Å². The molecule has 0 aliphatic rings.